The third kappa shape index (κ3) is 6.93. The molecule has 0 bridgehead atoms. The summed E-state index contributed by atoms with van der Waals surface area (Å²) in [7, 11) is 0. The summed E-state index contributed by atoms with van der Waals surface area (Å²) in [5.41, 5.74) is 5.61. The molecule has 0 saturated carbocycles. The molecule has 1 heterocycles. The summed E-state index contributed by atoms with van der Waals surface area (Å²) in [6.07, 6.45) is 13.4. The summed E-state index contributed by atoms with van der Waals surface area (Å²) in [6, 6.07) is 1.73. The van der Waals surface area contributed by atoms with Crippen molar-refractivity contribution >= 4 is 5.82 Å². The fraction of sp³-hybridized carbons (Fsp3) is 0.714. The van der Waals surface area contributed by atoms with Gasteiger partial charge in [-0.15, -0.1) is 0 Å². The van der Waals surface area contributed by atoms with Crippen LogP contribution in [-0.4, -0.2) is 9.97 Å². The van der Waals surface area contributed by atoms with Crippen molar-refractivity contribution in [2.24, 2.45) is 0 Å². The van der Waals surface area contributed by atoms with Crippen molar-refractivity contribution in [1.29, 1.82) is 0 Å². The molecule has 0 fully saturated rings. The molecule has 0 saturated heterocycles. The predicted octanol–water partition coefficient (Wildman–Crippen LogP) is 3.74. The second kappa shape index (κ2) is 8.97. The number of rotatable bonds is 9. The fourth-order valence-electron chi connectivity index (χ4n) is 1.95. The summed E-state index contributed by atoms with van der Waals surface area (Å²) in [4.78, 5) is 8.40. The Labute approximate surface area is 105 Å². The van der Waals surface area contributed by atoms with E-state index in [2.05, 4.69) is 16.9 Å². The van der Waals surface area contributed by atoms with Crippen molar-refractivity contribution in [3.63, 3.8) is 0 Å². The van der Waals surface area contributed by atoms with Gasteiger partial charge in [-0.2, -0.15) is 0 Å². The van der Waals surface area contributed by atoms with Crippen LogP contribution in [-0.2, 0) is 6.42 Å². The first-order valence-electron chi connectivity index (χ1n) is 6.90. The summed E-state index contributed by atoms with van der Waals surface area (Å²) in [5.74, 6) is 1.46. The quantitative estimate of drug-likeness (QED) is 0.663. The Balaban J connectivity index is 1.97. The SMILES string of the molecule is CCCCCCCCCCc1nccc(N)n1. The highest BCUT2D eigenvalue weighted by molar-refractivity contribution is 5.24. The number of anilines is 1. The Morgan fingerprint density at radius 2 is 1.65 bits per heavy atom. The molecular weight excluding hydrogens is 210 g/mol. The molecule has 3 heteroatoms. The van der Waals surface area contributed by atoms with Gasteiger partial charge in [0, 0.05) is 12.6 Å². The Kier molecular flexibility index (Phi) is 7.35. The lowest BCUT2D eigenvalue weighted by Crippen LogP contribution is -1.98. The Morgan fingerprint density at radius 1 is 1.00 bits per heavy atom. The van der Waals surface area contributed by atoms with Gasteiger partial charge in [0.2, 0.25) is 0 Å². The van der Waals surface area contributed by atoms with E-state index in [4.69, 9.17) is 5.73 Å². The van der Waals surface area contributed by atoms with Gasteiger partial charge in [-0.1, -0.05) is 51.9 Å². The maximum atomic E-state index is 5.61. The minimum atomic E-state index is 0.578. The molecule has 0 aliphatic carbocycles. The molecule has 0 atom stereocenters. The van der Waals surface area contributed by atoms with Gasteiger partial charge in [0.05, 0.1) is 0 Å². The van der Waals surface area contributed by atoms with Crippen molar-refractivity contribution in [3.8, 4) is 0 Å². The van der Waals surface area contributed by atoms with Crippen LogP contribution in [0.2, 0.25) is 0 Å². The number of hydrogen-bond donors (Lipinski definition) is 1. The topological polar surface area (TPSA) is 51.8 Å². The van der Waals surface area contributed by atoms with Crippen LogP contribution in [0.25, 0.3) is 0 Å². The predicted molar refractivity (Wildman–Crippen MR) is 72.8 cm³/mol. The van der Waals surface area contributed by atoms with Gasteiger partial charge < -0.3 is 5.73 Å². The highest BCUT2D eigenvalue weighted by atomic mass is 14.9. The van der Waals surface area contributed by atoms with Gasteiger partial charge in [-0.05, 0) is 12.5 Å². The second-order valence-electron chi connectivity index (χ2n) is 4.62. The van der Waals surface area contributed by atoms with E-state index in [-0.39, 0.29) is 0 Å². The van der Waals surface area contributed by atoms with Crippen LogP contribution in [0.4, 0.5) is 5.82 Å². The van der Waals surface area contributed by atoms with Crippen LogP contribution in [0.5, 0.6) is 0 Å². The van der Waals surface area contributed by atoms with Crippen LogP contribution in [0, 0.1) is 0 Å². The number of nitrogen functional groups attached to an aromatic ring is 1. The summed E-state index contributed by atoms with van der Waals surface area (Å²) in [5, 5.41) is 0. The maximum Gasteiger partial charge on any atom is 0.130 e. The van der Waals surface area contributed by atoms with Crippen LogP contribution < -0.4 is 5.73 Å². The molecule has 3 nitrogen and oxygen atoms in total. The summed E-state index contributed by atoms with van der Waals surface area (Å²) in [6.45, 7) is 2.26. The van der Waals surface area contributed by atoms with E-state index in [9.17, 15) is 0 Å². The van der Waals surface area contributed by atoms with Gasteiger partial charge >= 0.3 is 0 Å². The van der Waals surface area contributed by atoms with E-state index >= 15 is 0 Å². The molecule has 0 aromatic carbocycles. The molecule has 2 N–H and O–H groups in total. The first-order chi connectivity index (χ1) is 8.33. The standard InChI is InChI=1S/C14H25N3/c1-2-3-4-5-6-7-8-9-10-14-16-12-11-13(15)17-14/h11-12H,2-10H2,1H3,(H2,15,16,17). The molecule has 0 aliphatic heterocycles. The van der Waals surface area contributed by atoms with Crippen LogP contribution >= 0.6 is 0 Å². The van der Waals surface area contributed by atoms with Crippen molar-refractivity contribution in [2.45, 2.75) is 64.7 Å². The van der Waals surface area contributed by atoms with Crippen molar-refractivity contribution in [3.05, 3.63) is 18.1 Å². The van der Waals surface area contributed by atoms with Crippen LogP contribution in [0.1, 0.15) is 64.1 Å². The van der Waals surface area contributed by atoms with Crippen LogP contribution in [0.15, 0.2) is 12.3 Å². The molecule has 1 aromatic rings. The molecule has 0 radical (unpaired) electrons. The maximum absolute atomic E-state index is 5.61. The van der Waals surface area contributed by atoms with Gasteiger partial charge in [0.15, 0.2) is 0 Å². The number of unbranched alkanes of at least 4 members (excludes halogenated alkanes) is 7. The zero-order valence-electron chi connectivity index (χ0n) is 11.0. The minimum Gasteiger partial charge on any atom is -0.384 e. The molecule has 17 heavy (non-hydrogen) atoms. The van der Waals surface area contributed by atoms with Gasteiger partial charge in [-0.25, -0.2) is 9.97 Å². The highest BCUT2D eigenvalue weighted by Crippen LogP contribution is 2.10. The molecule has 0 amide bonds. The number of hydrogen-bond acceptors (Lipinski definition) is 3. The molecular formula is C14H25N3. The van der Waals surface area contributed by atoms with E-state index in [1.165, 1.54) is 51.4 Å². The smallest absolute Gasteiger partial charge is 0.130 e. The molecule has 0 spiro atoms. The first-order valence-corrected chi connectivity index (χ1v) is 6.90. The number of aryl methyl sites for hydroxylation is 1. The monoisotopic (exact) mass is 235 g/mol. The zero-order chi connectivity index (χ0) is 12.3. The number of nitrogens with two attached hydrogens (primary N) is 1. The molecule has 1 aromatic heterocycles. The lowest BCUT2D eigenvalue weighted by molar-refractivity contribution is 0.572. The number of aromatic nitrogens is 2. The molecule has 0 unspecified atom stereocenters. The normalized spacial score (nSPS) is 10.6. The average Bonchev–Trinajstić information content (AvgIpc) is 2.33. The molecule has 1 rings (SSSR count). The number of nitrogens with zero attached hydrogens (tertiary/aromatic N) is 2. The van der Waals surface area contributed by atoms with Crippen molar-refractivity contribution in [1.82, 2.24) is 9.97 Å². The lowest BCUT2D eigenvalue weighted by atomic mass is 10.1. The third-order valence-electron chi connectivity index (χ3n) is 2.98. The Bertz CT molecular complexity index is 299. The second-order valence-corrected chi connectivity index (χ2v) is 4.62. The largest absolute Gasteiger partial charge is 0.384 e. The van der Waals surface area contributed by atoms with E-state index in [1.807, 2.05) is 0 Å². The van der Waals surface area contributed by atoms with Crippen molar-refractivity contribution < 1.29 is 0 Å². The minimum absolute atomic E-state index is 0.578. The van der Waals surface area contributed by atoms with Gasteiger partial charge in [-0.3, -0.25) is 0 Å². The lowest BCUT2D eigenvalue weighted by Gasteiger charge is -2.02. The first kappa shape index (κ1) is 13.9. The van der Waals surface area contributed by atoms with Gasteiger partial charge in [0.1, 0.15) is 11.6 Å². The summed E-state index contributed by atoms with van der Waals surface area (Å²) >= 11 is 0. The van der Waals surface area contributed by atoms with E-state index < -0.39 is 0 Å². The molecule has 96 valence electrons. The highest BCUT2D eigenvalue weighted by Gasteiger charge is 1.97. The van der Waals surface area contributed by atoms with E-state index in [0.717, 1.165) is 12.2 Å². The Morgan fingerprint density at radius 3 is 2.29 bits per heavy atom. The van der Waals surface area contributed by atoms with E-state index in [0.29, 0.717) is 5.82 Å². The summed E-state index contributed by atoms with van der Waals surface area (Å²) < 4.78 is 0. The average molecular weight is 235 g/mol. The van der Waals surface area contributed by atoms with E-state index in [1.54, 1.807) is 12.3 Å². The third-order valence-corrected chi connectivity index (χ3v) is 2.98. The van der Waals surface area contributed by atoms with Gasteiger partial charge in [0.25, 0.3) is 0 Å². The van der Waals surface area contributed by atoms with Crippen LogP contribution in [0.3, 0.4) is 0 Å². The molecule has 0 aliphatic rings. The Hall–Kier alpha value is -1.12. The van der Waals surface area contributed by atoms with Crippen molar-refractivity contribution in [2.75, 3.05) is 5.73 Å². The fourth-order valence-corrected chi connectivity index (χ4v) is 1.95. The zero-order valence-corrected chi connectivity index (χ0v) is 11.0.